The molecule has 1 aromatic carbocycles. The number of hydrogen-bond acceptors (Lipinski definition) is 3. The molecule has 4 heteroatoms. The number of carbonyl (C=O) groups excluding carboxylic acids is 1. The SMILES string of the molecule is CCOc1ccc(CN(C)CC(=O)NC(C)C(C)C)cc1. The fourth-order valence-corrected chi connectivity index (χ4v) is 1.94. The lowest BCUT2D eigenvalue weighted by molar-refractivity contribution is -0.122. The summed E-state index contributed by atoms with van der Waals surface area (Å²) in [5, 5.41) is 3.02. The Hall–Kier alpha value is -1.55. The molecule has 0 aliphatic rings. The number of hydrogen-bond donors (Lipinski definition) is 1. The molecule has 1 N–H and O–H groups in total. The minimum Gasteiger partial charge on any atom is -0.494 e. The van der Waals surface area contributed by atoms with Crippen LogP contribution < -0.4 is 10.1 Å². The summed E-state index contributed by atoms with van der Waals surface area (Å²) >= 11 is 0. The maximum Gasteiger partial charge on any atom is 0.234 e. The Morgan fingerprint density at radius 1 is 1.24 bits per heavy atom. The number of carbonyl (C=O) groups is 1. The van der Waals surface area contributed by atoms with Crippen LogP contribution in [0.25, 0.3) is 0 Å². The Morgan fingerprint density at radius 2 is 1.86 bits per heavy atom. The standard InChI is InChI=1S/C17H28N2O2/c1-6-21-16-9-7-15(8-10-16)11-19(5)12-17(20)18-14(4)13(2)3/h7-10,13-14H,6,11-12H2,1-5H3,(H,18,20). The van der Waals surface area contributed by atoms with Crippen LogP contribution in [0, 0.1) is 5.92 Å². The van der Waals surface area contributed by atoms with Crippen LogP contribution in [0.4, 0.5) is 0 Å². The van der Waals surface area contributed by atoms with Crippen LogP contribution in [-0.4, -0.2) is 37.0 Å². The van der Waals surface area contributed by atoms with Crippen LogP contribution in [-0.2, 0) is 11.3 Å². The molecule has 0 fully saturated rings. The maximum absolute atomic E-state index is 11.9. The van der Waals surface area contributed by atoms with Crippen molar-refractivity contribution in [2.24, 2.45) is 5.92 Å². The average Bonchev–Trinajstić information content (AvgIpc) is 2.40. The van der Waals surface area contributed by atoms with E-state index in [0.717, 1.165) is 12.3 Å². The molecule has 1 unspecified atom stereocenters. The van der Waals surface area contributed by atoms with Crippen LogP contribution in [0.5, 0.6) is 5.75 Å². The third-order valence-corrected chi connectivity index (χ3v) is 3.49. The Balaban J connectivity index is 2.42. The van der Waals surface area contributed by atoms with Gasteiger partial charge in [0.1, 0.15) is 5.75 Å². The number of benzene rings is 1. The minimum atomic E-state index is 0.0737. The predicted octanol–water partition coefficient (Wildman–Crippen LogP) is 2.68. The number of nitrogens with zero attached hydrogens (tertiary/aromatic N) is 1. The topological polar surface area (TPSA) is 41.6 Å². The van der Waals surface area contributed by atoms with E-state index in [2.05, 4.69) is 19.2 Å². The van der Waals surface area contributed by atoms with Crippen molar-refractivity contribution in [2.75, 3.05) is 20.2 Å². The van der Waals surface area contributed by atoms with Crippen LogP contribution >= 0.6 is 0 Å². The monoisotopic (exact) mass is 292 g/mol. The van der Waals surface area contributed by atoms with Crippen molar-refractivity contribution in [3.63, 3.8) is 0 Å². The lowest BCUT2D eigenvalue weighted by Crippen LogP contribution is -2.41. The molecule has 0 aliphatic carbocycles. The third kappa shape index (κ3) is 6.63. The molecular weight excluding hydrogens is 264 g/mol. The summed E-state index contributed by atoms with van der Waals surface area (Å²) in [4.78, 5) is 13.9. The normalized spacial score (nSPS) is 12.5. The molecule has 0 aromatic heterocycles. The molecule has 21 heavy (non-hydrogen) atoms. The van der Waals surface area contributed by atoms with Crippen molar-refractivity contribution in [2.45, 2.75) is 40.3 Å². The number of amides is 1. The van der Waals surface area contributed by atoms with Gasteiger partial charge in [0, 0.05) is 12.6 Å². The highest BCUT2D eigenvalue weighted by atomic mass is 16.5. The van der Waals surface area contributed by atoms with Crippen molar-refractivity contribution in [1.29, 1.82) is 0 Å². The molecule has 0 spiro atoms. The van der Waals surface area contributed by atoms with E-state index >= 15 is 0 Å². The van der Waals surface area contributed by atoms with Gasteiger partial charge in [-0.15, -0.1) is 0 Å². The van der Waals surface area contributed by atoms with Crippen molar-refractivity contribution in [1.82, 2.24) is 10.2 Å². The maximum atomic E-state index is 11.9. The number of ether oxygens (including phenoxy) is 1. The van der Waals surface area contributed by atoms with Gasteiger partial charge in [0.25, 0.3) is 0 Å². The first-order valence-corrected chi connectivity index (χ1v) is 7.62. The summed E-state index contributed by atoms with van der Waals surface area (Å²) in [5.74, 6) is 1.41. The summed E-state index contributed by atoms with van der Waals surface area (Å²) in [6.07, 6.45) is 0. The Bertz CT molecular complexity index is 429. The van der Waals surface area contributed by atoms with Crippen molar-refractivity contribution in [3.8, 4) is 5.75 Å². The van der Waals surface area contributed by atoms with Crippen LogP contribution in [0.1, 0.15) is 33.3 Å². The van der Waals surface area contributed by atoms with Gasteiger partial charge in [-0.05, 0) is 44.5 Å². The Morgan fingerprint density at radius 3 is 2.38 bits per heavy atom. The highest BCUT2D eigenvalue weighted by Crippen LogP contribution is 2.13. The van der Waals surface area contributed by atoms with Gasteiger partial charge in [-0.1, -0.05) is 26.0 Å². The van der Waals surface area contributed by atoms with Crippen molar-refractivity contribution < 1.29 is 9.53 Å². The summed E-state index contributed by atoms with van der Waals surface area (Å²) in [6.45, 7) is 10.0. The number of likely N-dealkylation sites (N-methyl/N-ethyl adjacent to an activating group) is 1. The van der Waals surface area contributed by atoms with Crippen LogP contribution in [0.15, 0.2) is 24.3 Å². The zero-order valence-corrected chi connectivity index (χ0v) is 13.8. The van der Waals surface area contributed by atoms with E-state index in [-0.39, 0.29) is 11.9 Å². The molecule has 0 bridgehead atoms. The van der Waals surface area contributed by atoms with E-state index in [1.54, 1.807) is 0 Å². The molecule has 118 valence electrons. The molecule has 0 heterocycles. The fraction of sp³-hybridized carbons (Fsp3) is 0.588. The minimum absolute atomic E-state index is 0.0737. The van der Waals surface area contributed by atoms with Gasteiger partial charge in [-0.3, -0.25) is 9.69 Å². The van der Waals surface area contributed by atoms with Crippen molar-refractivity contribution in [3.05, 3.63) is 29.8 Å². The first-order chi connectivity index (χ1) is 9.92. The zero-order valence-electron chi connectivity index (χ0n) is 13.8. The fourth-order valence-electron chi connectivity index (χ4n) is 1.94. The number of rotatable bonds is 8. The first-order valence-electron chi connectivity index (χ1n) is 7.62. The molecular formula is C17H28N2O2. The molecule has 1 amide bonds. The van der Waals surface area contributed by atoms with E-state index < -0.39 is 0 Å². The van der Waals surface area contributed by atoms with Gasteiger partial charge >= 0.3 is 0 Å². The van der Waals surface area contributed by atoms with Gasteiger partial charge in [0.15, 0.2) is 0 Å². The molecule has 0 radical (unpaired) electrons. The quantitative estimate of drug-likeness (QED) is 0.801. The molecule has 0 saturated heterocycles. The van der Waals surface area contributed by atoms with Gasteiger partial charge in [-0.25, -0.2) is 0 Å². The second-order valence-corrected chi connectivity index (χ2v) is 5.85. The van der Waals surface area contributed by atoms with Crippen LogP contribution in [0.2, 0.25) is 0 Å². The second-order valence-electron chi connectivity index (χ2n) is 5.85. The summed E-state index contributed by atoms with van der Waals surface area (Å²) in [6, 6.07) is 8.21. The molecule has 1 atom stereocenters. The van der Waals surface area contributed by atoms with E-state index in [4.69, 9.17) is 4.74 Å². The van der Waals surface area contributed by atoms with Crippen LogP contribution in [0.3, 0.4) is 0 Å². The van der Waals surface area contributed by atoms with E-state index in [9.17, 15) is 4.79 Å². The third-order valence-electron chi connectivity index (χ3n) is 3.49. The molecule has 0 aliphatic heterocycles. The summed E-state index contributed by atoms with van der Waals surface area (Å²) < 4.78 is 5.42. The van der Waals surface area contributed by atoms with Crippen molar-refractivity contribution >= 4 is 5.91 Å². The van der Waals surface area contributed by atoms with E-state index in [0.29, 0.717) is 19.1 Å². The predicted molar refractivity (Wildman–Crippen MR) is 86.4 cm³/mol. The molecule has 1 rings (SSSR count). The Kier molecular flexibility index (Phi) is 7.23. The summed E-state index contributed by atoms with van der Waals surface area (Å²) in [7, 11) is 1.95. The lowest BCUT2D eigenvalue weighted by atomic mass is 10.1. The van der Waals surface area contributed by atoms with E-state index in [1.807, 2.05) is 50.1 Å². The first kappa shape index (κ1) is 17.5. The second kappa shape index (κ2) is 8.67. The van der Waals surface area contributed by atoms with E-state index in [1.165, 1.54) is 5.56 Å². The largest absolute Gasteiger partial charge is 0.494 e. The summed E-state index contributed by atoms with van der Waals surface area (Å²) in [5.41, 5.74) is 1.17. The molecule has 4 nitrogen and oxygen atoms in total. The number of nitrogens with one attached hydrogen (secondary N) is 1. The average molecular weight is 292 g/mol. The lowest BCUT2D eigenvalue weighted by Gasteiger charge is -2.21. The van der Waals surface area contributed by atoms with Gasteiger partial charge in [0.2, 0.25) is 5.91 Å². The highest BCUT2D eigenvalue weighted by molar-refractivity contribution is 5.78. The Labute approximate surface area is 128 Å². The van der Waals surface area contributed by atoms with Gasteiger partial charge in [0.05, 0.1) is 13.2 Å². The highest BCUT2D eigenvalue weighted by Gasteiger charge is 2.12. The smallest absolute Gasteiger partial charge is 0.234 e. The zero-order chi connectivity index (χ0) is 15.8. The van der Waals surface area contributed by atoms with Gasteiger partial charge in [-0.2, -0.15) is 0 Å². The molecule has 1 aromatic rings. The van der Waals surface area contributed by atoms with Gasteiger partial charge < -0.3 is 10.1 Å². The molecule has 0 saturated carbocycles.